The normalized spacial score (nSPS) is 19.2. The van der Waals surface area contributed by atoms with Gasteiger partial charge in [0.2, 0.25) is 5.91 Å². The first-order valence-electron chi connectivity index (χ1n) is 11.3. The molecule has 0 aromatic heterocycles. The van der Waals surface area contributed by atoms with Crippen LogP contribution in [0.2, 0.25) is 0 Å². The lowest BCUT2D eigenvalue weighted by molar-refractivity contribution is -0.125. The van der Waals surface area contributed by atoms with E-state index in [0.29, 0.717) is 6.54 Å². The van der Waals surface area contributed by atoms with Crippen LogP contribution in [0.5, 0.6) is 0 Å². The SMILES string of the molecule is CC(C)[C@H](NC(=O)OCc1ccccc1)C(=O)N[C@H]1CCC[C@@H]1CNC(=O)OC(C)(C)C. The molecular weight excluding hydrogens is 410 g/mol. The van der Waals surface area contributed by atoms with E-state index in [2.05, 4.69) is 16.0 Å². The van der Waals surface area contributed by atoms with Gasteiger partial charge in [0.05, 0.1) is 0 Å². The third kappa shape index (κ3) is 8.77. The van der Waals surface area contributed by atoms with Gasteiger partial charge in [-0.15, -0.1) is 0 Å². The zero-order chi connectivity index (χ0) is 23.7. The van der Waals surface area contributed by atoms with Gasteiger partial charge in [0.1, 0.15) is 18.2 Å². The van der Waals surface area contributed by atoms with Crippen LogP contribution in [0, 0.1) is 11.8 Å². The third-order valence-electron chi connectivity index (χ3n) is 5.33. The molecule has 3 amide bonds. The standard InChI is InChI=1S/C24H37N3O5/c1-16(2)20(27-23(30)31-15-17-10-7-6-8-11-17)21(28)26-19-13-9-12-18(19)14-25-22(29)32-24(3,4)5/h6-8,10-11,16,18-20H,9,12-15H2,1-5H3,(H,25,29)(H,26,28)(H,27,30)/t18-,19+,20+/m1/s1. The molecule has 0 aliphatic heterocycles. The van der Waals surface area contributed by atoms with E-state index in [1.807, 2.05) is 65.0 Å². The summed E-state index contributed by atoms with van der Waals surface area (Å²) < 4.78 is 10.5. The summed E-state index contributed by atoms with van der Waals surface area (Å²) in [5, 5.41) is 8.55. The molecule has 0 bridgehead atoms. The fraction of sp³-hybridized carbons (Fsp3) is 0.625. The van der Waals surface area contributed by atoms with E-state index in [1.165, 1.54) is 0 Å². The van der Waals surface area contributed by atoms with Gasteiger partial charge in [0.15, 0.2) is 0 Å². The largest absolute Gasteiger partial charge is 0.445 e. The Morgan fingerprint density at radius 1 is 1.06 bits per heavy atom. The number of ether oxygens (including phenoxy) is 2. The molecule has 0 saturated heterocycles. The maximum Gasteiger partial charge on any atom is 0.408 e. The van der Waals surface area contributed by atoms with E-state index in [0.717, 1.165) is 24.8 Å². The zero-order valence-corrected chi connectivity index (χ0v) is 19.8. The van der Waals surface area contributed by atoms with Crippen LogP contribution < -0.4 is 16.0 Å². The summed E-state index contributed by atoms with van der Waals surface area (Å²) in [6, 6.07) is 8.59. The highest BCUT2D eigenvalue weighted by atomic mass is 16.6. The lowest BCUT2D eigenvalue weighted by atomic mass is 10.0. The molecule has 1 fully saturated rings. The van der Waals surface area contributed by atoms with Gasteiger partial charge in [0.25, 0.3) is 0 Å². The molecule has 3 N–H and O–H groups in total. The van der Waals surface area contributed by atoms with Crippen molar-refractivity contribution in [3.8, 4) is 0 Å². The maximum absolute atomic E-state index is 12.9. The Labute approximate surface area is 190 Å². The van der Waals surface area contributed by atoms with E-state index in [1.54, 1.807) is 0 Å². The van der Waals surface area contributed by atoms with E-state index < -0.39 is 23.8 Å². The second-order valence-electron chi connectivity index (χ2n) is 9.62. The van der Waals surface area contributed by atoms with Crippen molar-refractivity contribution in [2.45, 2.75) is 78.2 Å². The van der Waals surface area contributed by atoms with Gasteiger partial charge in [-0.1, -0.05) is 50.6 Å². The molecule has 0 heterocycles. The quantitative estimate of drug-likeness (QED) is 0.563. The van der Waals surface area contributed by atoms with E-state index in [4.69, 9.17) is 9.47 Å². The summed E-state index contributed by atoms with van der Waals surface area (Å²) in [6.07, 6.45) is 1.61. The molecule has 8 nitrogen and oxygen atoms in total. The van der Waals surface area contributed by atoms with Crippen LogP contribution in [0.4, 0.5) is 9.59 Å². The summed E-state index contributed by atoms with van der Waals surface area (Å²) in [7, 11) is 0. The number of amides is 3. The number of carbonyl (C=O) groups is 3. The molecule has 8 heteroatoms. The van der Waals surface area contributed by atoms with Gasteiger partial charge in [-0.05, 0) is 51.0 Å². The summed E-state index contributed by atoms with van der Waals surface area (Å²) in [6.45, 7) is 9.76. The van der Waals surface area contributed by atoms with Gasteiger partial charge >= 0.3 is 12.2 Å². The first-order chi connectivity index (χ1) is 15.0. The van der Waals surface area contributed by atoms with Crippen molar-refractivity contribution in [1.29, 1.82) is 0 Å². The van der Waals surface area contributed by atoms with Crippen molar-refractivity contribution < 1.29 is 23.9 Å². The molecule has 0 spiro atoms. The average molecular weight is 448 g/mol. The molecule has 0 unspecified atom stereocenters. The number of rotatable bonds is 8. The highest BCUT2D eigenvalue weighted by molar-refractivity contribution is 5.86. The molecule has 2 rings (SSSR count). The summed E-state index contributed by atoms with van der Waals surface area (Å²) in [4.78, 5) is 37.1. The number of alkyl carbamates (subject to hydrolysis) is 2. The van der Waals surface area contributed by atoms with Crippen molar-refractivity contribution in [2.24, 2.45) is 11.8 Å². The zero-order valence-electron chi connectivity index (χ0n) is 19.8. The fourth-order valence-electron chi connectivity index (χ4n) is 3.70. The molecule has 1 aromatic rings. The van der Waals surface area contributed by atoms with Crippen molar-refractivity contribution in [3.05, 3.63) is 35.9 Å². The molecule has 0 radical (unpaired) electrons. The molecule has 1 saturated carbocycles. The lowest BCUT2D eigenvalue weighted by Gasteiger charge is -2.27. The molecule has 1 aliphatic rings. The Kier molecular flexibility index (Phi) is 9.35. The minimum atomic E-state index is -0.710. The molecule has 32 heavy (non-hydrogen) atoms. The molecular formula is C24H37N3O5. The van der Waals surface area contributed by atoms with E-state index in [-0.39, 0.29) is 30.4 Å². The van der Waals surface area contributed by atoms with Gasteiger partial charge in [-0.3, -0.25) is 4.79 Å². The number of hydrogen-bond acceptors (Lipinski definition) is 5. The highest BCUT2D eigenvalue weighted by Gasteiger charge is 2.33. The van der Waals surface area contributed by atoms with Gasteiger partial charge in [-0.25, -0.2) is 9.59 Å². The van der Waals surface area contributed by atoms with E-state index in [9.17, 15) is 14.4 Å². The summed E-state index contributed by atoms with van der Waals surface area (Å²) in [5.41, 5.74) is 0.318. The highest BCUT2D eigenvalue weighted by Crippen LogP contribution is 2.25. The van der Waals surface area contributed by atoms with Crippen molar-refractivity contribution in [2.75, 3.05) is 6.54 Å². The van der Waals surface area contributed by atoms with Crippen LogP contribution in [0.3, 0.4) is 0 Å². The minimum Gasteiger partial charge on any atom is -0.445 e. The second kappa shape index (κ2) is 11.7. The minimum absolute atomic E-state index is 0.0687. The Hall–Kier alpha value is -2.77. The molecule has 1 aliphatic carbocycles. The van der Waals surface area contributed by atoms with Crippen LogP contribution in [0.15, 0.2) is 30.3 Å². The Bertz CT molecular complexity index is 761. The average Bonchev–Trinajstić information content (AvgIpc) is 3.15. The van der Waals surface area contributed by atoms with Crippen molar-refractivity contribution in [3.63, 3.8) is 0 Å². The molecule has 178 valence electrons. The van der Waals surface area contributed by atoms with E-state index >= 15 is 0 Å². The molecule has 1 aromatic carbocycles. The monoisotopic (exact) mass is 447 g/mol. The fourth-order valence-corrected chi connectivity index (χ4v) is 3.70. The van der Waals surface area contributed by atoms with Gasteiger partial charge in [0, 0.05) is 12.6 Å². The summed E-state index contributed by atoms with van der Waals surface area (Å²) in [5.74, 6) is -0.242. The Morgan fingerprint density at radius 3 is 2.38 bits per heavy atom. The second-order valence-corrected chi connectivity index (χ2v) is 9.62. The van der Waals surface area contributed by atoms with Crippen molar-refractivity contribution >= 4 is 18.1 Å². The number of carbonyl (C=O) groups excluding carboxylic acids is 3. The topological polar surface area (TPSA) is 106 Å². The predicted octanol–water partition coefficient (Wildman–Crippen LogP) is 3.75. The summed E-state index contributed by atoms with van der Waals surface area (Å²) >= 11 is 0. The lowest BCUT2D eigenvalue weighted by Crippen LogP contribution is -2.53. The molecule has 3 atom stereocenters. The first kappa shape index (κ1) is 25.5. The van der Waals surface area contributed by atoms with Crippen LogP contribution in [0.25, 0.3) is 0 Å². The Morgan fingerprint density at radius 2 is 1.75 bits per heavy atom. The van der Waals surface area contributed by atoms with Crippen molar-refractivity contribution in [1.82, 2.24) is 16.0 Å². The van der Waals surface area contributed by atoms with Gasteiger partial charge in [-0.2, -0.15) is 0 Å². The first-order valence-corrected chi connectivity index (χ1v) is 11.3. The number of benzene rings is 1. The predicted molar refractivity (Wildman–Crippen MR) is 122 cm³/mol. The maximum atomic E-state index is 12.9. The number of hydrogen-bond donors (Lipinski definition) is 3. The number of nitrogens with one attached hydrogen (secondary N) is 3. The third-order valence-corrected chi connectivity index (χ3v) is 5.33. The van der Waals surface area contributed by atoms with Crippen LogP contribution in [0.1, 0.15) is 59.4 Å². The van der Waals surface area contributed by atoms with Crippen LogP contribution in [-0.2, 0) is 20.9 Å². The Balaban J connectivity index is 1.85. The smallest absolute Gasteiger partial charge is 0.408 e. The van der Waals surface area contributed by atoms with Crippen LogP contribution in [-0.4, -0.2) is 42.3 Å². The van der Waals surface area contributed by atoms with Gasteiger partial charge < -0.3 is 25.4 Å². The van der Waals surface area contributed by atoms with Crippen LogP contribution >= 0.6 is 0 Å².